The summed E-state index contributed by atoms with van der Waals surface area (Å²) in [4.78, 5) is 22.2. The van der Waals surface area contributed by atoms with Crippen molar-refractivity contribution in [3.8, 4) is 5.75 Å². The minimum Gasteiger partial charge on any atom is -0.489 e. The Morgan fingerprint density at radius 2 is 2.11 bits per heavy atom. The summed E-state index contributed by atoms with van der Waals surface area (Å²) in [5.74, 6) is -0.916. The van der Waals surface area contributed by atoms with Gasteiger partial charge >= 0.3 is 12.0 Å². The van der Waals surface area contributed by atoms with E-state index in [1.807, 2.05) is 0 Å². The van der Waals surface area contributed by atoms with Crippen LogP contribution in [0.25, 0.3) is 0 Å². The lowest BCUT2D eigenvalue weighted by Gasteiger charge is -2.15. The molecule has 0 saturated carbocycles. The van der Waals surface area contributed by atoms with Crippen LogP contribution in [0, 0.1) is 0 Å². The van der Waals surface area contributed by atoms with Crippen molar-refractivity contribution in [3.05, 3.63) is 23.8 Å². The van der Waals surface area contributed by atoms with Crippen LogP contribution in [0.15, 0.2) is 22.6 Å². The first kappa shape index (κ1) is 14.0. The lowest BCUT2D eigenvalue weighted by molar-refractivity contribution is 0.0697. The number of carboxylic acid groups (broad SMARTS) is 1. The Morgan fingerprint density at radius 1 is 1.44 bits per heavy atom. The molecule has 2 amide bonds. The molecule has 1 aromatic rings. The van der Waals surface area contributed by atoms with Crippen LogP contribution in [-0.2, 0) is 12.4 Å². The highest BCUT2D eigenvalue weighted by Gasteiger charge is 2.17. The maximum atomic E-state index is 11.2. The zero-order valence-electron chi connectivity index (χ0n) is 9.84. The van der Waals surface area contributed by atoms with Crippen LogP contribution >= 0.6 is 0 Å². The number of anilines is 1. The van der Waals surface area contributed by atoms with Gasteiger partial charge < -0.3 is 15.2 Å². The monoisotopic (exact) mass is 268 g/mol. The standard InChI is InChI=1S/C11H12N2O4S/c1-6(2)17-8-5-3-4-7(10(14)15)9(8)12-11(16)13-18/h3-6H,1-2H3,(H,12,16)(H,14,15). The van der Waals surface area contributed by atoms with E-state index >= 15 is 0 Å². The lowest BCUT2D eigenvalue weighted by atomic mass is 10.1. The first-order valence-corrected chi connectivity index (χ1v) is 5.49. The van der Waals surface area contributed by atoms with Gasteiger partial charge in [-0.25, -0.2) is 9.59 Å². The molecule has 0 radical (unpaired) electrons. The number of hydrogen-bond acceptors (Lipinski definition) is 4. The molecule has 0 unspecified atom stereocenters. The molecular formula is C11H12N2O4S. The summed E-state index contributed by atoms with van der Waals surface area (Å²) >= 11 is 4.24. The smallest absolute Gasteiger partial charge is 0.356 e. The molecule has 0 aliphatic rings. The van der Waals surface area contributed by atoms with Crippen LogP contribution in [0.2, 0.25) is 0 Å². The number of benzene rings is 1. The molecular weight excluding hydrogens is 256 g/mol. The van der Waals surface area contributed by atoms with Crippen LogP contribution in [0.1, 0.15) is 24.2 Å². The predicted octanol–water partition coefficient (Wildman–Crippen LogP) is 2.43. The summed E-state index contributed by atoms with van der Waals surface area (Å²) in [6.07, 6.45) is -0.162. The van der Waals surface area contributed by atoms with Gasteiger partial charge in [0.1, 0.15) is 5.75 Å². The number of nitrogens with one attached hydrogen (secondary N) is 1. The van der Waals surface area contributed by atoms with Crippen molar-refractivity contribution >= 4 is 30.1 Å². The molecule has 0 aliphatic carbocycles. The average molecular weight is 268 g/mol. The van der Waals surface area contributed by atoms with E-state index < -0.39 is 12.0 Å². The molecule has 0 atom stereocenters. The Kier molecular flexibility index (Phi) is 4.73. The van der Waals surface area contributed by atoms with Crippen molar-refractivity contribution in [3.63, 3.8) is 0 Å². The molecule has 0 aromatic heterocycles. The predicted molar refractivity (Wildman–Crippen MR) is 68.0 cm³/mol. The number of aromatic carboxylic acids is 1. The van der Waals surface area contributed by atoms with Crippen molar-refractivity contribution in [1.82, 2.24) is 0 Å². The molecule has 6 nitrogen and oxygen atoms in total. The number of ether oxygens (including phenoxy) is 1. The van der Waals surface area contributed by atoms with E-state index in [1.54, 1.807) is 19.9 Å². The third-order valence-corrected chi connectivity index (χ3v) is 2.10. The molecule has 0 saturated heterocycles. The number of nitrogens with zero attached hydrogens (tertiary/aromatic N) is 1. The van der Waals surface area contributed by atoms with Crippen LogP contribution in [0.4, 0.5) is 10.5 Å². The Balaban J connectivity index is 3.24. The van der Waals surface area contributed by atoms with Crippen molar-refractivity contribution in [2.45, 2.75) is 20.0 Å². The topological polar surface area (TPSA) is 88.0 Å². The number of hydrogen-bond donors (Lipinski definition) is 2. The number of amides is 2. The molecule has 0 heterocycles. The zero-order chi connectivity index (χ0) is 13.7. The summed E-state index contributed by atoms with van der Waals surface area (Å²) in [6.45, 7) is 3.58. The van der Waals surface area contributed by atoms with Crippen molar-refractivity contribution in [2.75, 3.05) is 5.32 Å². The molecule has 18 heavy (non-hydrogen) atoms. The van der Waals surface area contributed by atoms with E-state index in [0.29, 0.717) is 0 Å². The Bertz CT molecular complexity index is 488. The molecule has 0 fully saturated rings. The summed E-state index contributed by atoms with van der Waals surface area (Å²) in [7, 11) is 0. The Hall–Kier alpha value is -2.02. The summed E-state index contributed by atoms with van der Waals surface area (Å²) in [6, 6.07) is 3.63. The van der Waals surface area contributed by atoms with Crippen LogP contribution in [-0.4, -0.2) is 23.2 Å². The molecule has 0 bridgehead atoms. The van der Waals surface area contributed by atoms with Crippen LogP contribution in [0.3, 0.4) is 0 Å². The maximum absolute atomic E-state index is 11.2. The molecule has 1 aromatic carbocycles. The van der Waals surface area contributed by atoms with Gasteiger partial charge in [-0.05, 0) is 26.0 Å². The number of carbonyl (C=O) groups is 2. The zero-order valence-corrected chi connectivity index (χ0v) is 10.7. The fraction of sp³-hybridized carbons (Fsp3) is 0.273. The molecule has 0 spiro atoms. The Morgan fingerprint density at radius 3 is 2.61 bits per heavy atom. The molecule has 2 N–H and O–H groups in total. The second-order valence-corrected chi connectivity index (χ2v) is 3.85. The minimum atomic E-state index is -1.18. The minimum absolute atomic E-state index is 0.0531. The number of para-hydroxylation sites is 1. The van der Waals surface area contributed by atoms with Gasteiger partial charge in [0.15, 0.2) is 0 Å². The van der Waals surface area contributed by atoms with Gasteiger partial charge in [-0.2, -0.15) is 0 Å². The number of urea groups is 1. The van der Waals surface area contributed by atoms with Crippen molar-refractivity contribution < 1.29 is 19.4 Å². The SMILES string of the molecule is CC(C)Oc1cccc(C(=O)O)c1NC(=O)N=S. The second kappa shape index (κ2) is 6.06. The van der Waals surface area contributed by atoms with Gasteiger partial charge in [0.2, 0.25) is 0 Å². The van der Waals surface area contributed by atoms with Gasteiger partial charge in [-0.15, -0.1) is 4.36 Å². The van der Waals surface area contributed by atoms with Crippen LogP contribution in [0.5, 0.6) is 5.75 Å². The first-order valence-electron chi connectivity index (χ1n) is 5.13. The molecule has 96 valence electrons. The highest BCUT2D eigenvalue weighted by molar-refractivity contribution is 7.47. The van der Waals surface area contributed by atoms with Crippen molar-refractivity contribution in [1.29, 1.82) is 0 Å². The van der Waals surface area contributed by atoms with Crippen LogP contribution < -0.4 is 10.1 Å². The second-order valence-electron chi connectivity index (χ2n) is 3.67. The first-order chi connectivity index (χ1) is 8.45. The van der Waals surface area contributed by atoms with Gasteiger partial charge in [0, 0.05) is 12.4 Å². The molecule has 1 rings (SSSR count). The fourth-order valence-electron chi connectivity index (χ4n) is 1.32. The third kappa shape index (κ3) is 3.49. The van der Waals surface area contributed by atoms with E-state index in [1.165, 1.54) is 12.1 Å². The van der Waals surface area contributed by atoms with Gasteiger partial charge in [-0.1, -0.05) is 6.07 Å². The van der Waals surface area contributed by atoms with Crippen molar-refractivity contribution in [2.24, 2.45) is 4.36 Å². The number of carboxylic acids is 1. The average Bonchev–Trinajstić information content (AvgIpc) is 2.30. The quantitative estimate of drug-likeness (QED) is 0.875. The van der Waals surface area contributed by atoms with E-state index in [-0.39, 0.29) is 23.1 Å². The van der Waals surface area contributed by atoms with E-state index in [2.05, 4.69) is 22.1 Å². The summed E-state index contributed by atoms with van der Waals surface area (Å²) in [5.41, 5.74) is -0.0301. The molecule has 0 aliphatic heterocycles. The number of carbonyl (C=O) groups excluding carboxylic acids is 1. The van der Waals surface area contributed by atoms with Gasteiger partial charge in [0.25, 0.3) is 0 Å². The van der Waals surface area contributed by atoms with Gasteiger partial charge in [0.05, 0.1) is 17.4 Å². The summed E-state index contributed by atoms with van der Waals surface area (Å²) < 4.78 is 8.42. The third-order valence-electron chi connectivity index (χ3n) is 1.93. The lowest BCUT2D eigenvalue weighted by Crippen LogP contribution is -2.14. The Labute approximate surface area is 109 Å². The maximum Gasteiger partial charge on any atom is 0.356 e. The number of rotatable bonds is 4. The highest BCUT2D eigenvalue weighted by atomic mass is 32.1. The fourth-order valence-corrected chi connectivity index (χ4v) is 1.37. The van der Waals surface area contributed by atoms with E-state index in [9.17, 15) is 9.59 Å². The summed E-state index contributed by atoms with van der Waals surface area (Å²) in [5, 5.41) is 11.3. The normalized spacial score (nSPS) is 9.94. The van der Waals surface area contributed by atoms with E-state index in [0.717, 1.165) is 0 Å². The van der Waals surface area contributed by atoms with Gasteiger partial charge in [-0.3, -0.25) is 0 Å². The largest absolute Gasteiger partial charge is 0.489 e. The van der Waals surface area contributed by atoms with E-state index in [4.69, 9.17) is 9.84 Å². The highest BCUT2D eigenvalue weighted by Crippen LogP contribution is 2.29. The molecule has 7 heteroatoms.